The topological polar surface area (TPSA) is 66.0 Å². The van der Waals surface area contributed by atoms with E-state index in [0.29, 0.717) is 6.61 Å². The normalized spacial score (nSPS) is 18.1. The second-order valence-electron chi connectivity index (χ2n) is 5.03. The van der Waals surface area contributed by atoms with Crippen LogP contribution in [0.4, 0.5) is 0 Å². The van der Waals surface area contributed by atoms with E-state index in [9.17, 15) is 0 Å². The van der Waals surface area contributed by atoms with Crippen molar-refractivity contribution in [1.82, 2.24) is 15.0 Å². The number of fused-ring (bicyclic) bond motifs is 1. The van der Waals surface area contributed by atoms with Gasteiger partial charge in [0.05, 0.1) is 6.20 Å². The number of nitrogens with zero attached hydrogens (tertiary/aromatic N) is 3. The van der Waals surface area contributed by atoms with E-state index in [2.05, 4.69) is 22.4 Å². The average molecular weight is 258 g/mol. The fourth-order valence-electron chi connectivity index (χ4n) is 2.52. The molecule has 0 unspecified atom stereocenters. The molecule has 100 valence electrons. The third kappa shape index (κ3) is 2.61. The first kappa shape index (κ1) is 12.2. The molecule has 1 heterocycles. The van der Waals surface area contributed by atoms with E-state index in [1.54, 1.807) is 4.68 Å². The van der Waals surface area contributed by atoms with E-state index in [1.165, 1.54) is 17.5 Å². The van der Waals surface area contributed by atoms with E-state index in [1.807, 2.05) is 19.3 Å². The monoisotopic (exact) mass is 258 g/mol. The van der Waals surface area contributed by atoms with Crippen molar-refractivity contribution in [2.24, 2.45) is 12.8 Å². The Kier molecular flexibility index (Phi) is 3.21. The molecule has 1 aliphatic rings. The molecule has 0 radical (unpaired) electrons. The third-order valence-corrected chi connectivity index (χ3v) is 3.51. The zero-order valence-electron chi connectivity index (χ0n) is 11.0. The Morgan fingerprint density at radius 3 is 3.16 bits per heavy atom. The molecule has 1 aromatic heterocycles. The summed E-state index contributed by atoms with van der Waals surface area (Å²) in [6.07, 6.45) is 5.20. The van der Waals surface area contributed by atoms with Crippen molar-refractivity contribution in [1.29, 1.82) is 0 Å². The second kappa shape index (κ2) is 5.01. The van der Waals surface area contributed by atoms with Crippen LogP contribution in [0.3, 0.4) is 0 Å². The molecule has 0 saturated heterocycles. The van der Waals surface area contributed by atoms with Crippen molar-refractivity contribution >= 4 is 0 Å². The summed E-state index contributed by atoms with van der Waals surface area (Å²) in [5, 5.41) is 7.87. The molecule has 0 fully saturated rings. The van der Waals surface area contributed by atoms with Crippen molar-refractivity contribution in [3.05, 3.63) is 41.2 Å². The number of nitrogens with two attached hydrogens (primary N) is 1. The molecule has 5 nitrogen and oxygen atoms in total. The highest BCUT2D eigenvalue weighted by Crippen LogP contribution is 2.30. The largest absolute Gasteiger partial charge is 0.487 e. The SMILES string of the molecule is Cn1cc(COc2ccc3c(c2)[C@H](N)CCC3)nn1. The molecule has 1 atom stereocenters. The lowest BCUT2D eigenvalue weighted by Gasteiger charge is -2.22. The summed E-state index contributed by atoms with van der Waals surface area (Å²) in [4.78, 5) is 0. The number of benzene rings is 1. The fraction of sp³-hybridized carbons (Fsp3) is 0.429. The van der Waals surface area contributed by atoms with Crippen LogP contribution >= 0.6 is 0 Å². The van der Waals surface area contributed by atoms with Gasteiger partial charge in [-0.15, -0.1) is 5.10 Å². The van der Waals surface area contributed by atoms with Gasteiger partial charge in [-0.05, 0) is 42.5 Å². The summed E-state index contributed by atoms with van der Waals surface area (Å²) in [7, 11) is 1.84. The third-order valence-electron chi connectivity index (χ3n) is 3.51. The Morgan fingerprint density at radius 2 is 2.37 bits per heavy atom. The van der Waals surface area contributed by atoms with Crippen LogP contribution in [-0.4, -0.2) is 15.0 Å². The maximum Gasteiger partial charge on any atom is 0.134 e. The highest BCUT2D eigenvalue weighted by molar-refractivity contribution is 5.39. The lowest BCUT2D eigenvalue weighted by atomic mass is 9.88. The number of aryl methyl sites for hydroxylation is 2. The van der Waals surface area contributed by atoms with Crippen molar-refractivity contribution in [3.8, 4) is 5.75 Å². The number of aromatic nitrogens is 3. The van der Waals surface area contributed by atoms with Crippen LogP contribution < -0.4 is 10.5 Å². The van der Waals surface area contributed by atoms with Gasteiger partial charge in [0, 0.05) is 13.1 Å². The molecule has 0 spiro atoms. The van der Waals surface area contributed by atoms with E-state index in [4.69, 9.17) is 10.5 Å². The summed E-state index contributed by atoms with van der Waals surface area (Å²) in [5.41, 5.74) is 9.55. The van der Waals surface area contributed by atoms with Crippen LogP contribution in [0.1, 0.15) is 35.7 Å². The molecular formula is C14H18N4O. The van der Waals surface area contributed by atoms with Crippen molar-refractivity contribution in [2.45, 2.75) is 31.9 Å². The summed E-state index contributed by atoms with van der Waals surface area (Å²) in [5.74, 6) is 0.849. The first-order valence-electron chi connectivity index (χ1n) is 6.59. The van der Waals surface area contributed by atoms with E-state index in [0.717, 1.165) is 24.3 Å². The summed E-state index contributed by atoms with van der Waals surface area (Å²) < 4.78 is 7.42. The van der Waals surface area contributed by atoms with Crippen LogP contribution in [-0.2, 0) is 20.1 Å². The van der Waals surface area contributed by atoms with Gasteiger partial charge in [0.15, 0.2) is 0 Å². The van der Waals surface area contributed by atoms with Gasteiger partial charge in [0.2, 0.25) is 0 Å². The van der Waals surface area contributed by atoms with Gasteiger partial charge in [-0.25, -0.2) is 0 Å². The number of rotatable bonds is 3. The van der Waals surface area contributed by atoms with Gasteiger partial charge in [-0.2, -0.15) is 0 Å². The van der Waals surface area contributed by atoms with Crippen molar-refractivity contribution < 1.29 is 4.74 Å². The quantitative estimate of drug-likeness (QED) is 0.910. The van der Waals surface area contributed by atoms with Crippen LogP contribution in [0.15, 0.2) is 24.4 Å². The molecule has 5 heteroatoms. The molecule has 0 bridgehead atoms. The zero-order chi connectivity index (χ0) is 13.2. The van der Waals surface area contributed by atoms with Crippen molar-refractivity contribution in [2.75, 3.05) is 0 Å². The van der Waals surface area contributed by atoms with E-state index in [-0.39, 0.29) is 6.04 Å². The van der Waals surface area contributed by atoms with Crippen molar-refractivity contribution in [3.63, 3.8) is 0 Å². The Hall–Kier alpha value is -1.88. The van der Waals surface area contributed by atoms with Gasteiger partial charge >= 0.3 is 0 Å². The van der Waals surface area contributed by atoms with E-state index >= 15 is 0 Å². The maximum absolute atomic E-state index is 6.14. The Balaban J connectivity index is 1.73. The number of ether oxygens (including phenoxy) is 1. The highest BCUT2D eigenvalue weighted by Gasteiger charge is 2.17. The second-order valence-corrected chi connectivity index (χ2v) is 5.03. The van der Waals surface area contributed by atoms with Gasteiger partial charge < -0.3 is 10.5 Å². The molecule has 0 aliphatic heterocycles. The molecular weight excluding hydrogens is 240 g/mol. The van der Waals surface area contributed by atoms with Crippen LogP contribution in [0.5, 0.6) is 5.75 Å². The lowest BCUT2D eigenvalue weighted by molar-refractivity contribution is 0.300. The summed E-state index contributed by atoms with van der Waals surface area (Å²) in [6, 6.07) is 6.34. The van der Waals surface area contributed by atoms with Crippen LogP contribution in [0.25, 0.3) is 0 Å². The molecule has 19 heavy (non-hydrogen) atoms. The van der Waals surface area contributed by atoms with E-state index < -0.39 is 0 Å². The van der Waals surface area contributed by atoms with Gasteiger partial charge in [0.1, 0.15) is 18.1 Å². The predicted octanol–water partition coefficient (Wildman–Crippen LogP) is 1.73. The molecule has 2 aromatic rings. The average Bonchev–Trinajstić information content (AvgIpc) is 2.83. The van der Waals surface area contributed by atoms with Gasteiger partial charge in [-0.1, -0.05) is 11.3 Å². The van der Waals surface area contributed by atoms with Crippen LogP contribution in [0, 0.1) is 0 Å². The zero-order valence-corrected chi connectivity index (χ0v) is 11.0. The predicted molar refractivity (Wildman–Crippen MR) is 71.6 cm³/mol. The van der Waals surface area contributed by atoms with Gasteiger partial charge in [-0.3, -0.25) is 4.68 Å². The minimum atomic E-state index is 0.142. The molecule has 0 amide bonds. The number of hydrogen-bond acceptors (Lipinski definition) is 4. The molecule has 0 saturated carbocycles. The Morgan fingerprint density at radius 1 is 1.47 bits per heavy atom. The van der Waals surface area contributed by atoms with Gasteiger partial charge in [0.25, 0.3) is 0 Å². The minimum absolute atomic E-state index is 0.142. The van der Waals surface area contributed by atoms with Crippen LogP contribution in [0.2, 0.25) is 0 Å². The maximum atomic E-state index is 6.14. The lowest BCUT2D eigenvalue weighted by Crippen LogP contribution is -2.17. The molecule has 1 aliphatic carbocycles. The molecule has 2 N–H and O–H groups in total. The summed E-state index contributed by atoms with van der Waals surface area (Å²) >= 11 is 0. The standard InChI is InChI=1S/C14H18N4O/c1-18-8-11(16-17-18)9-19-12-6-5-10-3-2-4-14(15)13(10)7-12/h5-8,14H,2-4,9,15H2,1H3/t14-/m1/s1. The Labute approximate surface area is 112 Å². The Bertz CT molecular complexity index is 579. The fourth-order valence-corrected chi connectivity index (χ4v) is 2.52. The molecule has 3 rings (SSSR count). The smallest absolute Gasteiger partial charge is 0.134 e. The first-order chi connectivity index (χ1) is 9.22. The first-order valence-corrected chi connectivity index (χ1v) is 6.59. The summed E-state index contributed by atoms with van der Waals surface area (Å²) in [6.45, 7) is 0.432. The number of hydrogen-bond donors (Lipinski definition) is 1. The molecule has 1 aromatic carbocycles. The minimum Gasteiger partial charge on any atom is -0.487 e. The highest BCUT2D eigenvalue weighted by atomic mass is 16.5.